The Labute approximate surface area is 203 Å². The highest BCUT2D eigenvalue weighted by atomic mass is 16.5. The number of rotatable bonds is 8. The van der Waals surface area contributed by atoms with Gasteiger partial charge in [-0.15, -0.1) is 0 Å². The number of carbonyl (C=O) groups excluding carboxylic acids is 1. The second-order valence-electron chi connectivity index (χ2n) is 9.07. The van der Waals surface area contributed by atoms with Crippen LogP contribution >= 0.6 is 0 Å². The summed E-state index contributed by atoms with van der Waals surface area (Å²) in [5, 5.41) is 3.46. The summed E-state index contributed by atoms with van der Waals surface area (Å²) in [5.41, 5.74) is 6.39. The first-order valence-electron chi connectivity index (χ1n) is 12.0. The van der Waals surface area contributed by atoms with E-state index in [9.17, 15) is 4.79 Å². The summed E-state index contributed by atoms with van der Waals surface area (Å²) in [7, 11) is 1.68. The molecule has 35 heavy (non-hydrogen) atoms. The third-order valence-corrected chi connectivity index (χ3v) is 6.64. The Morgan fingerprint density at radius 2 is 1.80 bits per heavy atom. The van der Waals surface area contributed by atoms with E-state index in [0.29, 0.717) is 24.7 Å². The highest BCUT2D eigenvalue weighted by molar-refractivity contribution is 5.97. The zero-order valence-electron chi connectivity index (χ0n) is 19.6. The Bertz CT molecular complexity index is 1530. The standard InChI is InChI=1S/C29H26N4O2/c1-35-27-9-5-2-6-22(27)17-30-28-29-31-18-25(33(29)24-8-4-3-7-23(24)32-28)20-12-14-21(15-13-20)26(34)16-19-10-11-19/h2-9,12-15,18-19H,10-11,16-17H2,1H3,(H,30,32). The summed E-state index contributed by atoms with van der Waals surface area (Å²) in [6, 6.07) is 23.9. The average Bonchev–Trinajstić information content (AvgIpc) is 3.61. The minimum atomic E-state index is 0.231. The Hall–Kier alpha value is -4.19. The summed E-state index contributed by atoms with van der Waals surface area (Å²) < 4.78 is 7.63. The van der Waals surface area contributed by atoms with Gasteiger partial charge in [0.1, 0.15) is 5.75 Å². The van der Waals surface area contributed by atoms with Gasteiger partial charge in [0, 0.05) is 29.7 Å². The first kappa shape index (κ1) is 21.4. The normalized spacial score (nSPS) is 13.3. The van der Waals surface area contributed by atoms with Crippen LogP contribution in [0.2, 0.25) is 0 Å². The first-order chi connectivity index (χ1) is 17.2. The summed E-state index contributed by atoms with van der Waals surface area (Å²) in [4.78, 5) is 22.1. The van der Waals surface area contributed by atoms with E-state index in [0.717, 1.165) is 44.8 Å². The minimum Gasteiger partial charge on any atom is -0.496 e. The molecular formula is C29H26N4O2. The predicted octanol–water partition coefficient (Wildman–Crippen LogP) is 6.15. The molecule has 6 nitrogen and oxygen atoms in total. The van der Waals surface area contributed by atoms with E-state index in [4.69, 9.17) is 14.7 Å². The SMILES string of the molecule is COc1ccccc1CNc1nc2ccccc2n2c(-c3ccc(C(=O)CC4CC4)cc3)cnc12. The molecule has 174 valence electrons. The van der Waals surface area contributed by atoms with Crippen molar-refractivity contribution >= 4 is 28.3 Å². The fourth-order valence-corrected chi connectivity index (χ4v) is 4.56. The van der Waals surface area contributed by atoms with Gasteiger partial charge in [-0.3, -0.25) is 9.20 Å². The van der Waals surface area contributed by atoms with Crippen molar-refractivity contribution in [2.45, 2.75) is 25.8 Å². The van der Waals surface area contributed by atoms with Gasteiger partial charge in [-0.25, -0.2) is 9.97 Å². The molecule has 1 aliphatic rings. The third-order valence-electron chi connectivity index (χ3n) is 6.64. The van der Waals surface area contributed by atoms with Crippen LogP contribution in [0.15, 0.2) is 79.0 Å². The van der Waals surface area contributed by atoms with Crippen LogP contribution in [0, 0.1) is 5.92 Å². The van der Waals surface area contributed by atoms with Crippen LogP contribution in [-0.2, 0) is 6.54 Å². The fraction of sp³-hybridized carbons (Fsp3) is 0.207. The molecule has 0 spiro atoms. The van der Waals surface area contributed by atoms with Crippen LogP contribution in [0.1, 0.15) is 35.2 Å². The lowest BCUT2D eigenvalue weighted by molar-refractivity contribution is 0.0976. The van der Waals surface area contributed by atoms with Gasteiger partial charge in [-0.05, 0) is 37.0 Å². The van der Waals surface area contributed by atoms with Crippen molar-refractivity contribution in [1.29, 1.82) is 0 Å². The Morgan fingerprint density at radius 3 is 2.60 bits per heavy atom. The topological polar surface area (TPSA) is 68.5 Å². The van der Waals surface area contributed by atoms with Gasteiger partial charge in [0.15, 0.2) is 17.2 Å². The molecule has 0 aliphatic heterocycles. The van der Waals surface area contributed by atoms with Crippen molar-refractivity contribution < 1.29 is 9.53 Å². The van der Waals surface area contributed by atoms with Crippen LogP contribution < -0.4 is 10.1 Å². The molecule has 2 aromatic heterocycles. The molecule has 6 rings (SSSR count). The number of anilines is 1. The van der Waals surface area contributed by atoms with E-state index in [-0.39, 0.29) is 5.78 Å². The number of methoxy groups -OCH3 is 1. The molecule has 2 heterocycles. The predicted molar refractivity (Wildman–Crippen MR) is 138 cm³/mol. The maximum atomic E-state index is 12.5. The molecule has 6 heteroatoms. The second kappa shape index (κ2) is 8.87. The van der Waals surface area contributed by atoms with Gasteiger partial charge in [0.25, 0.3) is 0 Å². The number of hydrogen-bond acceptors (Lipinski definition) is 5. The van der Waals surface area contributed by atoms with E-state index < -0.39 is 0 Å². The number of nitrogens with one attached hydrogen (secondary N) is 1. The monoisotopic (exact) mass is 462 g/mol. The summed E-state index contributed by atoms with van der Waals surface area (Å²) in [5.74, 6) is 2.35. The van der Waals surface area contributed by atoms with Crippen LogP contribution in [0.3, 0.4) is 0 Å². The molecule has 0 unspecified atom stereocenters. The van der Waals surface area contributed by atoms with Gasteiger partial charge in [-0.2, -0.15) is 0 Å². The molecular weight excluding hydrogens is 436 g/mol. The van der Waals surface area contributed by atoms with E-state index in [1.807, 2.05) is 72.9 Å². The first-order valence-corrected chi connectivity index (χ1v) is 12.0. The summed E-state index contributed by atoms with van der Waals surface area (Å²) in [6.07, 6.45) is 4.89. The van der Waals surface area contributed by atoms with Crippen LogP contribution in [0.5, 0.6) is 5.75 Å². The number of benzene rings is 3. The molecule has 0 amide bonds. The highest BCUT2D eigenvalue weighted by Gasteiger charge is 2.25. The van der Waals surface area contributed by atoms with Crippen molar-refractivity contribution in [2.24, 2.45) is 5.92 Å². The minimum absolute atomic E-state index is 0.231. The lowest BCUT2D eigenvalue weighted by Gasteiger charge is -2.13. The largest absolute Gasteiger partial charge is 0.496 e. The number of carbonyl (C=O) groups is 1. The van der Waals surface area contributed by atoms with Gasteiger partial charge in [0.05, 0.1) is 30.0 Å². The van der Waals surface area contributed by atoms with Gasteiger partial charge in [-0.1, -0.05) is 54.6 Å². The maximum absolute atomic E-state index is 12.5. The number of imidazole rings is 1. The van der Waals surface area contributed by atoms with Gasteiger partial charge < -0.3 is 10.1 Å². The molecule has 3 aromatic carbocycles. The van der Waals surface area contributed by atoms with Crippen LogP contribution in [0.4, 0.5) is 5.82 Å². The molecule has 1 aliphatic carbocycles. The van der Waals surface area contributed by atoms with Gasteiger partial charge in [0.2, 0.25) is 0 Å². The zero-order valence-corrected chi connectivity index (χ0v) is 19.6. The highest BCUT2D eigenvalue weighted by Crippen LogP contribution is 2.34. The summed E-state index contributed by atoms with van der Waals surface area (Å²) in [6.45, 7) is 0.561. The number of ketones is 1. The molecule has 0 saturated heterocycles. The number of fused-ring (bicyclic) bond motifs is 3. The number of Topliss-reactive ketones (excluding diaryl/α,β-unsaturated/α-hetero) is 1. The Balaban J connectivity index is 1.39. The Kier molecular flexibility index (Phi) is 5.41. The van der Waals surface area contributed by atoms with E-state index in [1.54, 1.807) is 7.11 Å². The fourth-order valence-electron chi connectivity index (χ4n) is 4.56. The number of ether oxygens (including phenoxy) is 1. The molecule has 0 atom stereocenters. The maximum Gasteiger partial charge on any atom is 0.181 e. The van der Waals surface area contributed by atoms with E-state index in [1.165, 1.54) is 12.8 Å². The lowest BCUT2D eigenvalue weighted by atomic mass is 10.0. The molecule has 5 aromatic rings. The van der Waals surface area contributed by atoms with Crippen LogP contribution in [-0.4, -0.2) is 27.3 Å². The molecule has 0 radical (unpaired) electrons. The molecule has 1 N–H and O–H groups in total. The summed E-state index contributed by atoms with van der Waals surface area (Å²) >= 11 is 0. The van der Waals surface area contributed by atoms with Crippen molar-refractivity contribution in [1.82, 2.24) is 14.4 Å². The van der Waals surface area contributed by atoms with Crippen molar-refractivity contribution in [3.8, 4) is 17.0 Å². The van der Waals surface area contributed by atoms with E-state index >= 15 is 0 Å². The van der Waals surface area contributed by atoms with Crippen molar-refractivity contribution in [2.75, 3.05) is 12.4 Å². The zero-order chi connectivity index (χ0) is 23.8. The average molecular weight is 463 g/mol. The number of aromatic nitrogens is 3. The number of hydrogen-bond donors (Lipinski definition) is 1. The molecule has 1 fully saturated rings. The number of nitrogens with zero attached hydrogens (tertiary/aromatic N) is 3. The molecule has 1 saturated carbocycles. The lowest BCUT2D eigenvalue weighted by Crippen LogP contribution is -2.06. The molecule has 0 bridgehead atoms. The van der Waals surface area contributed by atoms with Crippen molar-refractivity contribution in [3.05, 3.63) is 90.1 Å². The third kappa shape index (κ3) is 4.12. The van der Waals surface area contributed by atoms with Crippen molar-refractivity contribution in [3.63, 3.8) is 0 Å². The quantitative estimate of drug-likeness (QED) is 0.280. The Morgan fingerprint density at radius 1 is 1.03 bits per heavy atom. The van der Waals surface area contributed by atoms with Crippen LogP contribution in [0.25, 0.3) is 27.9 Å². The number of para-hydroxylation sites is 3. The smallest absolute Gasteiger partial charge is 0.181 e. The van der Waals surface area contributed by atoms with E-state index in [2.05, 4.69) is 15.8 Å². The van der Waals surface area contributed by atoms with Gasteiger partial charge >= 0.3 is 0 Å². The second-order valence-corrected chi connectivity index (χ2v) is 9.07.